The molecule has 0 saturated heterocycles. The van der Waals surface area contributed by atoms with E-state index in [0.29, 0.717) is 5.54 Å². The lowest BCUT2D eigenvalue weighted by Gasteiger charge is -2.27. The molecule has 0 bridgehead atoms. The van der Waals surface area contributed by atoms with Crippen molar-refractivity contribution in [2.75, 3.05) is 0 Å². The Kier molecular flexibility index (Phi) is 2.90. The van der Waals surface area contributed by atoms with Crippen LogP contribution < -0.4 is 0 Å². The topological polar surface area (TPSA) is 20.2 Å². The molecular weight excluding hydrogens is 128 g/mol. The van der Waals surface area contributed by atoms with Gasteiger partial charge in [-0.25, -0.2) is 0 Å². The number of aliphatic hydroxyl groups excluding tert-OH is 1. The molecule has 0 fully saturated rings. The summed E-state index contributed by atoms with van der Waals surface area (Å²) in [6, 6.07) is 0. The highest BCUT2D eigenvalue weighted by Gasteiger charge is 2.25. The molecule has 2 heteroatoms. The highest BCUT2D eigenvalue weighted by Crippen LogP contribution is 2.23. The smallest absolute Gasteiger partial charge is 0.0514 e. The molecule has 0 heterocycles. The molecule has 1 nitrogen and oxygen atoms in total. The minimum atomic E-state index is -1.07. The van der Waals surface area contributed by atoms with Gasteiger partial charge in [-0.1, -0.05) is 26.6 Å². The van der Waals surface area contributed by atoms with Crippen LogP contribution in [0.3, 0.4) is 0 Å². The highest BCUT2D eigenvalue weighted by atomic mass is 28.3. The highest BCUT2D eigenvalue weighted by molar-refractivity contribution is 6.77. The zero-order valence-electron chi connectivity index (χ0n) is 7.10. The zero-order valence-corrected chi connectivity index (χ0v) is 8.10. The first-order valence-electron chi connectivity index (χ1n) is 3.53. The van der Waals surface area contributed by atoms with Crippen molar-refractivity contribution < 1.29 is 5.11 Å². The molecule has 56 valence electrons. The van der Waals surface area contributed by atoms with Crippen LogP contribution in [0.25, 0.3) is 0 Å². The third-order valence-corrected chi connectivity index (χ3v) is 5.30. The first-order chi connectivity index (χ1) is 3.85. The van der Waals surface area contributed by atoms with Crippen LogP contribution in [0.2, 0.25) is 25.2 Å². The molecule has 2 atom stereocenters. The summed E-state index contributed by atoms with van der Waals surface area (Å²) in [6.07, 6.45) is -0.128. The van der Waals surface area contributed by atoms with Gasteiger partial charge in [-0.3, -0.25) is 0 Å². The minimum absolute atomic E-state index is 0.128. The molecule has 0 spiro atoms. The Labute approximate surface area is 59.1 Å². The van der Waals surface area contributed by atoms with Gasteiger partial charge in [0, 0.05) is 8.07 Å². The number of aliphatic hydroxyl groups is 1. The Morgan fingerprint density at radius 2 is 1.44 bits per heavy atom. The fourth-order valence-corrected chi connectivity index (χ4v) is 2.17. The largest absolute Gasteiger partial charge is 0.393 e. The third kappa shape index (κ3) is 3.01. The lowest BCUT2D eigenvalue weighted by molar-refractivity contribution is 0.188. The summed E-state index contributed by atoms with van der Waals surface area (Å²) in [7, 11) is -1.07. The van der Waals surface area contributed by atoms with Gasteiger partial charge in [-0.05, 0) is 12.5 Å². The standard InChI is InChI=1S/C7H18OSi/c1-6(8)7(2)9(3,4)5/h6-8H,1-5H3/t6-,7+/m0/s1. The molecule has 0 amide bonds. The summed E-state index contributed by atoms with van der Waals surface area (Å²) < 4.78 is 0. The zero-order chi connectivity index (χ0) is 7.65. The summed E-state index contributed by atoms with van der Waals surface area (Å²) in [6.45, 7) is 10.9. The number of hydrogen-bond donors (Lipinski definition) is 1. The van der Waals surface area contributed by atoms with E-state index in [2.05, 4.69) is 26.6 Å². The van der Waals surface area contributed by atoms with Gasteiger partial charge in [-0.2, -0.15) is 0 Å². The average Bonchev–Trinajstić information content (AvgIpc) is 1.62. The van der Waals surface area contributed by atoms with Crippen LogP contribution >= 0.6 is 0 Å². The quantitative estimate of drug-likeness (QED) is 0.591. The second-order valence-corrected chi connectivity index (χ2v) is 9.54. The Balaban J connectivity index is 3.88. The van der Waals surface area contributed by atoms with E-state index >= 15 is 0 Å². The fraction of sp³-hybridized carbons (Fsp3) is 1.00. The van der Waals surface area contributed by atoms with E-state index in [1.807, 2.05) is 6.92 Å². The molecule has 0 unspecified atom stereocenters. The van der Waals surface area contributed by atoms with Crippen molar-refractivity contribution in [1.29, 1.82) is 0 Å². The number of rotatable bonds is 2. The van der Waals surface area contributed by atoms with E-state index in [-0.39, 0.29) is 6.10 Å². The predicted octanol–water partition coefficient (Wildman–Crippen LogP) is 2.10. The van der Waals surface area contributed by atoms with E-state index < -0.39 is 8.07 Å². The van der Waals surface area contributed by atoms with E-state index in [9.17, 15) is 5.11 Å². The summed E-state index contributed by atoms with van der Waals surface area (Å²) in [5.41, 5.74) is 0.512. The Bertz CT molecular complexity index is 83.4. The van der Waals surface area contributed by atoms with Gasteiger partial charge in [0.25, 0.3) is 0 Å². The fourth-order valence-electron chi connectivity index (χ4n) is 0.724. The van der Waals surface area contributed by atoms with Crippen LogP contribution in [0.4, 0.5) is 0 Å². The molecule has 0 aromatic rings. The monoisotopic (exact) mass is 146 g/mol. The van der Waals surface area contributed by atoms with Gasteiger partial charge in [0.1, 0.15) is 0 Å². The molecule has 0 aliphatic heterocycles. The molecule has 0 aromatic carbocycles. The molecule has 0 aliphatic carbocycles. The van der Waals surface area contributed by atoms with Crippen LogP contribution in [-0.2, 0) is 0 Å². The van der Waals surface area contributed by atoms with Crippen molar-refractivity contribution >= 4 is 8.07 Å². The van der Waals surface area contributed by atoms with Crippen molar-refractivity contribution in [3.05, 3.63) is 0 Å². The molecule has 0 rings (SSSR count). The molecule has 9 heavy (non-hydrogen) atoms. The van der Waals surface area contributed by atoms with E-state index in [1.165, 1.54) is 0 Å². The summed E-state index contributed by atoms with van der Waals surface area (Å²) >= 11 is 0. The van der Waals surface area contributed by atoms with Crippen LogP contribution in [0, 0.1) is 0 Å². The van der Waals surface area contributed by atoms with Crippen molar-refractivity contribution in [3.63, 3.8) is 0 Å². The molecule has 0 radical (unpaired) electrons. The van der Waals surface area contributed by atoms with E-state index in [1.54, 1.807) is 0 Å². The first kappa shape index (κ1) is 9.18. The van der Waals surface area contributed by atoms with Gasteiger partial charge in [0.15, 0.2) is 0 Å². The number of hydrogen-bond acceptors (Lipinski definition) is 1. The van der Waals surface area contributed by atoms with Crippen molar-refractivity contribution in [2.45, 2.75) is 45.1 Å². The van der Waals surface area contributed by atoms with Gasteiger partial charge in [-0.15, -0.1) is 0 Å². The molecule has 0 saturated carbocycles. The molecular formula is C7H18OSi. The van der Waals surface area contributed by atoms with Crippen LogP contribution in [-0.4, -0.2) is 19.3 Å². The molecule has 1 N–H and O–H groups in total. The second kappa shape index (κ2) is 2.84. The molecule has 0 aliphatic rings. The Hall–Kier alpha value is 0.177. The van der Waals surface area contributed by atoms with Crippen LogP contribution in [0.5, 0.6) is 0 Å². The predicted molar refractivity (Wildman–Crippen MR) is 44.5 cm³/mol. The SMILES string of the molecule is C[C@H](O)[C@@H](C)[Si](C)(C)C. The summed E-state index contributed by atoms with van der Waals surface area (Å²) in [5, 5.41) is 9.19. The Morgan fingerprint density at radius 3 is 1.44 bits per heavy atom. The first-order valence-corrected chi connectivity index (χ1v) is 7.11. The maximum Gasteiger partial charge on any atom is 0.0514 e. The Morgan fingerprint density at radius 1 is 1.11 bits per heavy atom. The van der Waals surface area contributed by atoms with Crippen molar-refractivity contribution in [3.8, 4) is 0 Å². The lowest BCUT2D eigenvalue weighted by atomic mass is 10.3. The summed E-state index contributed by atoms with van der Waals surface area (Å²) in [4.78, 5) is 0. The van der Waals surface area contributed by atoms with Gasteiger partial charge in [0.05, 0.1) is 6.10 Å². The van der Waals surface area contributed by atoms with Crippen molar-refractivity contribution in [2.24, 2.45) is 0 Å². The van der Waals surface area contributed by atoms with E-state index in [4.69, 9.17) is 0 Å². The van der Waals surface area contributed by atoms with Gasteiger partial charge >= 0.3 is 0 Å². The lowest BCUT2D eigenvalue weighted by Crippen LogP contribution is -2.32. The minimum Gasteiger partial charge on any atom is -0.393 e. The van der Waals surface area contributed by atoms with Gasteiger partial charge < -0.3 is 5.11 Å². The summed E-state index contributed by atoms with van der Waals surface area (Å²) in [5.74, 6) is 0. The van der Waals surface area contributed by atoms with Crippen LogP contribution in [0.1, 0.15) is 13.8 Å². The normalized spacial score (nSPS) is 19.3. The van der Waals surface area contributed by atoms with Crippen LogP contribution in [0.15, 0.2) is 0 Å². The molecule has 0 aromatic heterocycles. The van der Waals surface area contributed by atoms with E-state index in [0.717, 1.165) is 0 Å². The maximum atomic E-state index is 9.19. The second-order valence-electron chi connectivity index (χ2n) is 3.90. The third-order valence-electron chi connectivity index (χ3n) is 2.09. The van der Waals surface area contributed by atoms with Crippen molar-refractivity contribution in [1.82, 2.24) is 0 Å². The van der Waals surface area contributed by atoms with Gasteiger partial charge in [0.2, 0.25) is 0 Å². The maximum absolute atomic E-state index is 9.19. The average molecular weight is 146 g/mol.